The molecule has 0 atom stereocenters. The van der Waals surface area contributed by atoms with Crippen LogP contribution in [0.15, 0.2) is 0 Å². The molecule has 0 aliphatic rings. The first-order valence-corrected chi connectivity index (χ1v) is 3.25. The van der Waals surface area contributed by atoms with Crippen molar-refractivity contribution < 1.29 is 10.2 Å². The molecule has 0 aliphatic carbocycles. The van der Waals surface area contributed by atoms with Gasteiger partial charge < -0.3 is 20.8 Å². The van der Waals surface area contributed by atoms with E-state index in [1.54, 1.807) is 0 Å². The molecule has 4 nitrogen and oxygen atoms in total. The zero-order chi connectivity index (χ0) is 8.41. The van der Waals surface area contributed by atoms with Crippen molar-refractivity contribution in [2.24, 2.45) is 5.73 Å². The molecule has 0 fully saturated rings. The molecule has 4 heteroatoms. The van der Waals surface area contributed by atoms with Crippen LogP contribution in [-0.4, -0.2) is 55.5 Å². The average Bonchev–Trinajstić information content (AvgIpc) is 1.89. The Morgan fingerprint density at radius 1 is 1.20 bits per heavy atom. The van der Waals surface area contributed by atoms with E-state index in [2.05, 4.69) is 0 Å². The van der Waals surface area contributed by atoms with Gasteiger partial charge in [0.2, 0.25) is 0 Å². The number of likely N-dealkylation sites (N-methyl/N-ethyl adjacent to an activating group) is 1. The Labute approximate surface area is 62.3 Å². The number of aliphatic hydroxyl groups is 2. The lowest BCUT2D eigenvalue weighted by atomic mass is 10.6. The van der Waals surface area contributed by atoms with Gasteiger partial charge >= 0.3 is 0 Å². The molecule has 64 valence electrons. The second kappa shape index (κ2) is 11.6. The third kappa shape index (κ3) is 24.9. The Kier molecular flexibility index (Phi) is 14.5. The van der Waals surface area contributed by atoms with Gasteiger partial charge in [-0.3, -0.25) is 0 Å². The minimum Gasteiger partial charge on any atom is -0.395 e. The van der Waals surface area contributed by atoms with Crippen molar-refractivity contribution in [1.29, 1.82) is 0 Å². The van der Waals surface area contributed by atoms with Crippen LogP contribution in [0.5, 0.6) is 0 Å². The number of nitrogens with zero attached hydrogens (tertiary/aromatic N) is 1. The van der Waals surface area contributed by atoms with Gasteiger partial charge in [0, 0.05) is 13.1 Å². The van der Waals surface area contributed by atoms with Gasteiger partial charge in [-0.1, -0.05) is 0 Å². The maximum atomic E-state index is 8.20. The summed E-state index contributed by atoms with van der Waals surface area (Å²) in [6.07, 6.45) is 0. The summed E-state index contributed by atoms with van der Waals surface area (Å²) in [5, 5.41) is 15.9. The Hall–Kier alpha value is -0.160. The highest BCUT2D eigenvalue weighted by molar-refractivity contribution is 4.34. The summed E-state index contributed by atoms with van der Waals surface area (Å²) in [6, 6.07) is 0. The molecule has 0 aromatic heterocycles. The Morgan fingerprint density at radius 3 is 1.60 bits per heavy atom. The summed E-state index contributed by atoms with van der Waals surface area (Å²) < 4.78 is 0. The molecule has 0 amide bonds. The van der Waals surface area contributed by atoms with E-state index in [9.17, 15) is 0 Å². The maximum absolute atomic E-state index is 8.20. The zero-order valence-corrected chi connectivity index (χ0v) is 6.75. The van der Waals surface area contributed by atoms with Crippen LogP contribution in [0.2, 0.25) is 0 Å². The number of aliphatic hydroxyl groups excluding tert-OH is 2. The second-order valence-corrected chi connectivity index (χ2v) is 2.04. The first kappa shape index (κ1) is 12.5. The number of nitrogens with two attached hydrogens (primary N) is 1. The van der Waals surface area contributed by atoms with Crippen molar-refractivity contribution in [2.75, 3.05) is 40.4 Å². The van der Waals surface area contributed by atoms with Gasteiger partial charge in [-0.25, -0.2) is 0 Å². The van der Waals surface area contributed by atoms with Crippen molar-refractivity contribution in [3.63, 3.8) is 0 Å². The van der Waals surface area contributed by atoms with Gasteiger partial charge in [0.05, 0.1) is 13.2 Å². The average molecular weight is 150 g/mol. The third-order valence-electron chi connectivity index (χ3n) is 0.676. The van der Waals surface area contributed by atoms with Gasteiger partial charge in [0.25, 0.3) is 0 Å². The van der Waals surface area contributed by atoms with E-state index >= 15 is 0 Å². The molecule has 0 spiro atoms. The predicted molar refractivity (Wildman–Crippen MR) is 41.8 cm³/mol. The normalized spacial score (nSPS) is 9.00. The molecule has 0 saturated heterocycles. The van der Waals surface area contributed by atoms with Crippen LogP contribution in [-0.2, 0) is 0 Å². The lowest BCUT2D eigenvalue weighted by Crippen LogP contribution is -2.15. The molecular weight excluding hydrogens is 132 g/mol. The minimum atomic E-state index is 0.0972. The molecule has 0 bridgehead atoms. The predicted octanol–water partition coefficient (Wildman–Crippen LogP) is -1.52. The van der Waals surface area contributed by atoms with E-state index in [0.29, 0.717) is 6.54 Å². The highest BCUT2D eigenvalue weighted by Crippen LogP contribution is 1.66. The fourth-order valence-electron chi connectivity index (χ4n) is 0.200. The van der Waals surface area contributed by atoms with Crippen molar-refractivity contribution in [1.82, 2.24) is 4.90 Å². The molecular formula is C6H18N2O2. The summed E-state index contributed by atoms with van der Waals surface area (Å²) in [4.78, 5) is 1.93. The SMILES string of the molecule is CN(C)CCO.NCCO. The Morgan fingerprint density at radius 2 is 1.60 bits per heavy atom. The van der Waals surface area contributed by atoms with Gasteiger partial charge in [0.15, 0.2) is 0 Å². The molecule has 4 N–H and O–H groups in total. The van der Waals surface area contributed by atoms with Gasteiger partial charge in [0.1, 0.15) is 0 Å². The van der Waals surface area contributed by atoms with Crippen molar-refractivity contribution in [3.8, 4) is 0 Å². The minimum absolute atomic E-state index is 0.0972. The fraction of sp³-hybridized carbons (Fsp3) is 1.00. The largest absolute Gasteiger partial charge is 0.395 e. The van der Waals surface area contributed by atoms with Crippen LogP contribution >= 0.6 is 0 Å². The molecule has 0 heterocycles. The molecule has 0 aromatic rings. The number of hydrogen-bond donors (Lipinski definition) is 3. The number of hydrogen-bond acceptors (Lipinski definition) is 4. The third-order valence-corrected chi connectivity index (χ3v) is 0.676. The molecule has 0 rings (SSSR count). The Bertz CT molecular complexity index is 49.0. The van der Waals surface area contributed by atoms with E-state index in [1.165, 1.54) is 0 Å². The maximum Gasteiger partial charge on any atom is 0.0558 e. The van der Waals surface area contributed by atoms with Crippen molar-refractivity contribution >= 4 is 0 Å². The summed E-state index contributed by atoms with van der Waals surface area (Å²) in [5.74, 6) is 0. The topological polar surface area (TPSA) is 69.7 Å². The van der Waals surface area contributed by atoms with E-state index in [-0.39, 0.29) is 13.2 Å². The summed E-state index contributed by atoms with van der Waals surface area (Å²) in [6.45, 7) is 1.49. The van der Waals surface area contributed by atoms with Crippen LogP contribution in [0.4, 0.5) is 0 Å². The molecule has 0 aromatic carbocycles. The van der Waals surface area contributed by atoms with Crippen LogP contribution in [0.1, 0.15) is 0 Å². The molecule has 10 heavy (non-hydrogen) atoms. The van der Waals surface area contributed by atoms with Gasteiger partial charge in [-0.15, -0.1) is 0 Å². The monoisotopic (exact) mass is 150 g/mol. The van der Waals surface area contributed by atoms with Crippen LogP contribution in [0, 0.1) is 0 Å². The van der Waals surface area contributed by atoms with E-state index in [1.807, 2.05) is 19.0 Å². The quantitative estimate of drug-likeness (QED) is 0.457. The summed E-state index contributed by atoms with van der Waals surface area (Å²) in [5.41, 5.74) is 4.78. The molecule has 0 aliphatic heterocycles. The lowest BCUT2D eigenvalue weighted by Gasteiger charge is -2.03. The van der Waals surface area contributed by atoms with E-state index < -0.39 is 0 Å². The number of rotatable bonds is 3. The smallest absolute Gasteiger partial charge is 0.0558 e. The van der Waals surface area contributed by atoms with Gasteiger partial charge in [-0.2, -0.15) is 0 Å². The van der Waals surface area contributed by atoms with Crippen LogP contribution < -0.4 is 5.73 Å². The first-order chi connectivity index (χ1) is 4.68. The van der Waals surface area contributed by atoms with Crippen molar-refractivity contribution in [2.45, 2.75) is 0 Å². The molecule has 0 saturated carbocycles. The second-order valence-electron chi connectivity index (χ2n) is 2.04. The van der Waals surface area contributed by atoms with E-state index in [4.69, 9.17) is 15.9 Å². The first-order valence-electron chi connectivity index (χ1n) is 3.25. The summed E-state index contributed by atoms with van der Waals surface area (Å²) >= 11 is 0. The van der Waals surface area contributed by atoms with E-state index in [0.717, 1.165) is 6.54 Å². The van der Waals surface area contributed by atoms with Crippen LogP contribution in [0.3, 0.4) is 0 Å². The fourth-order valence-corrected chi connectivity index (χ4v) is 0.200. The highest BCUT2D eigenvalue weighted by atomic mass is 16.3. The van der Waals surface area contributed by atoms with Gasteiger partial charge in [-0.05, 0) is 14.1 Å². The highest BCUT2D eigenvalue weighted by Gasteiger charge is 1.80. The summed E-state index contributed by atoms with van der Waals surface area (Å²) in [7, 11) is 3.85. The molecule has 0 unspecified atom stereocenters. The van der Waals surface area contributed by atoms with Crippen LogP contribution in [0.25, 0.3) is 0 Å². The standard InChI is InChI=1S/C4H11NO.C2H7NO/c1-5(2)3-4-6;3-1-2-4/h6H,3-4H2,1-2H3;4H,1-3H2. The van der Waals surface area contributed by atoms with Crippen molar-refractivity contribution in [3.05, 3.63) is 0 Å². The zero-order valence-electron chi connectivity index (χ0n) is 6.75. The molecule has 0 radical (unpaired) electrons. The lowest BCUT2D eigenvalue weighted by molar-refractivity contribution is 0.243. The Balaban J connectivity index is 0.